The molecule has 1 heterocycles. The van der Waals surface area contributed by atoms with Gasteiger partial charge in [0.25, 0.3) is 0 Å². The number of nitriles is 1. The van der Waals surface area contributed by atoms with E-state index in [4.69, 9.17) is 11.0 Å². The fourth-order valence-electron chi connectivity index (χ4n) is 1.73. The van der Waals surface area contributed by atoms with Gasteiger partial charge in [-0.2, -0.15) is 17.0 Å². The normalized spacial score (nSPS) is 20.9. The Morgan fingerprint density at radius 3 is 2.77 bits per heavy atom. The van der Waals surface area contributed by atoms with E-state index in [0.29, 0.717) is 0 Å². The van der Waals surface area contributed by atoms with Crippen LogP contribution in [0.25, 0.3) is 0 Å². The van der Waals surface area contributed by atoms with Crippen LogP contribution >= 0.6 is 11.8 Å². The molecular weight excluding hydrogens is 180 g/mol. The average molecular weight is 198 g/mol. The first-order chi connectivity index (χ1) is 6.33. The molecule has 0 saturated carbocycles. The minimum absolute atomic E-state index is 0.238. The van der Waals surface area contributed by atoms with Crippen molar-refractivity contribution >= 4 is 11.8 Å². The van der Waals surface area contributed by atoms with E-state index in [1.54, 1.807) is 0 Å². The smallest absolute Gasteiger partial charge is 0.0928 e. The molecule has 0 aromatic heterocycles. The molecular formula is C10H18N2S. The monoisotopic (exact) mass is 198 g/mol. The van der Waals surface area contributed by atoms with Gasteiger partial charge in [-0.05, 0) is 36.7 Å². The van der Waals surface area contributed by atoms with E-state index in [1.165, 1.54) is 30.8 Å². The van der Waals surface area contributed by atoms with E-state index in [9.17, 15) is 0 Å². The summed E-state index contributed by atoms with van der Waals surface area (Å²) in [6.45, 7) is 0. The van der Waals surface area contributed by atoms with E-state index < -0.39 is 0 Å². The lowest BCUT2D eigenvalue weighted by atomic mass is 9.95. The number of rotatable bonds is 4. The first-order valence-corrected chi connectivity index (χ1v) is 6.21. The molecule has 0 bridgehead atoms. The average Bonchev–Trinajstić information content (AvgIpc) is 2.19. The first kappa shape index (κ1) is 10.9. The summed E-state index contributed by atoms with van der Waals surface area (Å²) in [6.07, 6.45) is 6.01. The topological polar surface area (TPSA) is 49.8 Å². The number of nitrogens with zero attached hydrogens (tertiary/aromatic N) is 1. The second-order valence-corrected chi connectivity index (χ2v) is 4.95. The molecule has 1 saturated heterocycles. The predicted octanol–water partition coefficient (Wildman–Crippen LogP) is 2.15. The Labute approximate surface area is 84.9 Å². The molecule has 2 nitrogen and oxygen atoms in total. The summed E-state index contributed by atoms with van der Waals surface area (Å²) in [5.41, 5.74) is 5.52. The van der Waals surface area contributed by atoms with Gasteiger partial charge in [-0.1, -0.05) is 12.8 Å². The maximum atomic E-state index is 8.49. The largest absolute Gasteiger partial charge is 0.316 e. The Hall–Kier alpha value is -0.200. The molecule has 0 aliphatic carbocycles. The molecule has 3 heteroatoms. The van der Waals surface area contributed by atoms with Gasteiger partial charge in [-0.15, -0.1) is 0 Å². The second kappa shape index (κ2) is 6.28. The highest BCUT2D eigenvalue weighted by Gasteiger charge is 2.13. The van der Waals surface area contributed by atoms with Crippen molar-refractivity contribution in [1.82, 2.24) is 0 Å². The second-order valence-electron chi connectivity index (χ2n) is 3.72. The highest BCUT2D eigenvalue weighted by atomic mass is 32.2. The van der Waals surface area contributed by atoms with Gasteiger partial charge in [-0.3, -0.25) is 0 Å². The van der Waals surface area contributed by atoms with Gasteiger partial charge < -0.3 is 5.73 Å². The molecule has 1 fully saturated rings. The molecule has 0 aromatic carbocycles. The van der Waals surface area contributed by atoms with Crippen LogP contribution in [-0.4, -0.2) is 17.5 Å². The summed E-state index contributed by atoms with van der Waals surface area (Å²) < 4.78 is 0. The Kier molecular flexibility index (Phi) is 5.26. The van der Waals surface area contributed by atoms with Crippen molar-refractivity contribution in [3.05, 3.63) is 0 Å². The van der Waals surface area contributed by atoms with Crippen LogP contribution in [0.5, 0.6) is 0 Å². The number of hydrogen-bond acceptors (Lipinski definition) is 3. The third-order valence-corrected chi connectivity index (χ3v) is 3.68. The fourth-order valence-corrected chi connectivity index (χ4v) is 2.93. The summed E-state index contributed by atoms with van der Waals surface area (Å²) in [7, 11) is 0. The Bertz CT molecular complexity index is 170. The van der Waals surface area contributed by atoms with Crippen LogP contribution in [0.4, 0.5) is 0 Å². The van der Waals surface area contributed by atoms with Crippen molar-refractivity contribution in [3.8, 4) is 6.07 Å². The van der Waals surface area contributed by atoms with Gasteiger partial charge in [0.05, 0.1) is 12.1 Å². The minimum atomic E-state index is -0.238. The molecule has 2 N–H and O–H groups in total. The summed E-state index contributed by atoms with van der Waals surface area (Å²) in [6, 6.07) is 1.84. The van der Waals surface area contributed by atoms with Crippen molar-refractivity contribution in [1.29, 1.82) is 5.26 Å². The van der Waals surface area contributed by atoms with Gasteiger partial charge >= 0.3 is 0 Å². The van der Waals surface area contributed by atoms with Gasteiger partial charge in [0, 0.05) is 0 Å². The van der Waals surface area contributed by atoms with Gasteiger partial charge in [0.15, 0.2) is 0 Å². The first-order valence-electron chi connectivity index (χ1n) is 5.06. The lowest BCUT2D eigenvalue weighted by Crippen LogP contribution is -2.17. The van der Waals surface area contributed by atoms with Gasteiger partial charge in [0.2, 0.25) is 0 Å². The van der Waals surface area contributed by atoms with Crippen LogP contribution in [0.1, 0.15) is 32.1 Å². The fraction of sp³-hybridized carbons (Fsp3) is 0.900. The molecule has 0 spiro atoms. The van der Waals surface area contributed by atoms with Gasteiger partial charge in [0.1, 0.15) is 0 Å². The van der Waals surface area contributed by atoms with Gasteiger partial charge in [-0.25, -0.2) is 0 Å². The highest BCUT2D eigenvalue weighted by Crippen LogP contribution is 2.26. The molecule has 1 rings (SSSR count). The quantitative estimate of drug-likeness (QED) is 0.753. The minimum Gasteiger partial charge on any atom is -0.316 e. The maximum Gasteiger partial charge on any atom is 0.0928 e. The summed E-state index contributed by atoms with van der Waals surface area (Å²) in [5, 5.41) is 8.49. The van der Waals surface area contributed by atoms with E-state index in [0.717, 1.165) is 18.8 Å². The van der Waals surface area contributed by atoms with Crippen LogP contribution in [0.3, 0.4) is 0 Å². The van der Waals surface area contributed by atoms with E-state index in [2.05, 4.69) is 17.8 Å². The number of nitrogens with two attached hydrogens (primary N) is 1. The third kappa shape index (κ3) is 4.54. The summed E-state index contributed by atoms with van der Waals surface area (Å²) in [5.74, 6) is 3.57. The molecule has 0 aromatic rings. The zero-order chi connectivity index (χ0) is 9.52. The van der Waals surface area contributed by atoms with Crippen LogP contribution in [0.15, 0.2) is 0 Å². The molecule has 1 aliphatic heterocycles. The Morgan fingerprint density at radius 1 is 1.46 bits per heavy atom. The van der Waals surface area contributed by atoms with Crippen molar-refractivity contribution in [3.63, 3.8) is 0 Å². The molecule has 0 amide bonds. The molecule has 13 heavy (non-hydrogen) atoms. The Morgan fingerprint density at radius 2 is 2.15 bits per heavy atom. The van der Waals surface area contributed by atoms with E-state index in [-0.39, 0.29) is 6.04 Å². The van der Waals surface area contributed by atoms with Crippen LogP contribution in [0, 0.1) is 17.2 Å². The van der Waals surface area contributed by atoms with Crippen molar-refractivity contribution in [2.45, 2.75) is 38.1 Å². The Balaban J connectivity index is 2.02. The highest BCUT2D eigenvalue weighted by molar-refractivity contribution is 7.99. The SMILES string of the molecule is N#CC(N)CCCC1CCSCC1. The lowest BCUT2D eigenvalue weighted by molar-refractivity contribution is 0.428. The van der Waals surface area contributed by atoms with Crippen LogP contribution in [-0.2, 0) is 0 Å². The van der Waals surface area contributed by atoms with Crippen molar-refractivity contribution < 1.29 is 0 Å². The summed E-state index contributed by atoms with van der Waals surface area (Å²) >= 11 is 2.07. The van der Waals surface area contributed by atoms with Crippen LogP contribution in [0.2, 0.25) is 0 Å². The van der Waals surface area contributed by atoms with Crippen molar-refractivity contribution in [2.24, 2.45) is 11.7 Å². The van der Waals surface area contributed by atoms with Crippen molar-refractivity contribution in [2.75, 3.05) is 11.5 Å². The maximum absolute atomic E-state index is 8.49. The van der Waals surface area contributed by atoms with E-state index in [1.807, 2.05) is 0 Å². The molecule has 1 unspecified atom stereocenters. The zero-order valence-corrected chi connectivity index (χ0v) is 8.85. The standard InChI is InChI=1S/C10H18N2S/c11-8-10(12)3-1-2-9-4-6-13-7-5-9/h9-10H,1-7,12H2. The molecule has 74 valence electrons. The zero-order valence-electron chi connectivity index (χ0n) is 8.04. The molecule has 0 radical (unpaired) electrons. The molecule has 1 aliphatic rings. The number of hydrogen-bond donors (Lipinski definition) is 1. The lowest BCUT2D eigenvalue weighted by Gasteiger charge is -2.21. The predicted molar refractivity (Wildman–Crippen MR) is 57.5 cm³/mol. The molecule has 1 atom stereocenters. The number of thioether (sulfide) groups is 1. The van der Waals surface area contributed by atoms with Crippen LogP contribution < -0.4 is 5.73 Å². The van der Waals surface area contributed by atoms with E-state index >= 15 is 0 Å². The third-order valence-electron chi connectivity index (χ3n) is 2.63. The summed E-state index contributed by atoms with van der Waals surface area (Å²) in [4.78, 5) is 0.